The van der Waals surface area contributed by atoms with Gasteiger partial charge >= 0.3 is 0 Å². The van der Waals surface area contributed by atoms with Crippen molar-refractivity contribution in [3.8, 4) is 6.07 Å². The van der Waals surface area contributed by atoms with Crippen molar-refractivity contribution in [1.29, 1.82) is 5.26 Å². The monoisotopic (exact) mass is 420 g/mol. The Morgan fingerprint density at radius 2 is 1.70 bits per heavy atom. The first-order valence-corrected chi connectivity index (χ1v) is 11.1. The van der Waals surface area contributed by atoms with Crippen LogP contribution < -0.4 is 4.72 Å². The molecule has 6 nitrogen and oxygen atoms in total. The van der Waals surface area contributed by atoms with Crippen LogP contribution in [0.3, 0.4) is 0 Å². The maximum absolute atomic E-state index is 11.3. The summed E-state index contributed by atoms with van der Waals surface area (Å²) in [5, 5.41) is 8.58. The molecule has 0 spiro atoms. The third kappa shape index (κ3) is 10.8. The molecule has 0 aliphatic heterocycles. The van der Waals surface area contributed by atoms with Crippen molar-refractivity contribution in [2.75, 3.05) is 11.6 Å². The third-order valence-corrected chi connectivity index (χ3v) is 6.61. The predicted octanol–water partition coefficient (Wildman–Crippen LogP) is 2.36. The van der Waals surface area contributed by atoms with E-state index in [1.54, 1.807) is 24.3 Å². The van der Waals surface area contributed by atoms with Crippen LogP contribution in [0.15, 0.2) is 24.3 Å². The second kappa shape index (κ2) is 10.3. The summed E-state index contributed by atoms with van der Waals surface area (Å²) >= 11 is 10.4. The zero-order chi connectivity index (χ0) is 18.1. The molecule has 23 heavy (non-hydrogen) atoms. The smallest absolute Gasteiger partial charge is 0.212 e. The molecule has 0 saturated heterocycles. The molecule has 0 saturated carbocycles. The van der Waals surface area contributed by atoms with Gasteiger partial charge in [-0.1, -0.05) is 12.1 Å². The van der Waals surface area contributed by atoms with E-state index in [1.165, 1.54) is 6.92 Å². The molecule has 1 N–H and O–H groups in total. The van der Waals surface area contributed by atoms with Crippen molar-refractivity contribution < 1.29 is 16.8 Å². The first-order valence-electron chi connectivity index (χ1n) is 6.11. The van der Waals surface area contributed by atoms with Gasteiger partial charge < -0.3 is 0 Å². The molecule has 1 rings (SSSR count). The van der Waals surface area contributed by atoms with E-state index in [0.29, 0.717) is 5.56 Å². The van der Waals surface area contributed by atoms with Gasteiger partial charge in [0.2, 0.25) is 19.1 Å². The highest BCUT2D eigenvalue weighted by Gasteiger charge is 2.12. The molecule has 0 aliphatic carbocycles. The number of nitriles is 1. The average Bonchev–Trinajstić information content (AvgIpc) is 2.45. The second-order valence-electron chi connectivity index (χ2n) is 4.16. The van der Waals surface area contributed by atoms with Crippen molar-refractivity contribution >= 4 is 53.0 Å². The molecule has 1 unspecified atom stereocenters. The lowest BCUT2D eigenvalue weighted by atomic mass is 10.1. The molecule has 0 fully saturated rings. The normalized spacial score (nSPS) is 12.7. The maximum Gasteiger partial charge on any atom is 0.249 e. The predicted molar refractivity (Wildman–Crippen MR) is 92.6 cm³/mol. The zero-order valence-electron chi connectivity index (χ0n) is 12.0. The lowest BCUT2D eigenvalue weighted by molar-refractivity contribution is 0.582. The van der Waals surface area contributed by atoms with Crippen molar-refractivity contribution in [3.05, 3.63) is 35.4 Å². The van der Waals surface area contributed by atoms with Gasteiger partial charge in [-0.2, -0.15) is 5.26 Å². The summed E-state index contributed by atoms with van der Waals surface area (Å²) in [5.74, 6) is -0.0203. The Bertz CT molecular complexity index is 727. The van der Waals surface area contributed by atoms with Gasteiger partial charge in [-0.05, 0) is 24.6 Å². The molecule has 0 amide bonds. The molecule has 0 aliphatic rings. The van der Waals surface area contributed by atoms with E-state index in [4.69, 9.17) is 39.1 Å². The molecule has 11 heteroatoms. The van der Waals surface area contributed by atoms with Gasteiger partial charge in [0, 0.05) is 23.1 Å². The van der Waals surface area contributed by atoms with Gasteiger partial charge in [-0.25, -0.2) is 21.6 Å². The van der Waals surface area contributed by atoms with Gasteiger partial charge in [0.25, 0.3) is 0 Å². The highest BCUT2D eigenvalue weighted by atomic mass is 35.7. The number of hydrogen-bond acceptors (Lipinski definition) is 5. The number of sulfonamides is 1. The fourth-order valence-electron chi connectivity index (χ4n) is 1.06. The Hall–Kier alpha value is -0.560. The Balaban J connectivity index is 0.000000585. The lowest BCUT2D eigenvalue weighted by Crippen LogP contribution is -2.26. The SMILES string of the molecule is CC(Cl)S(=O)(=O)Cl.N#Cc1ccc(CNS(=O)(=O)CCCl)cc1. The summed E-state index contributed by atoms with van der Waals surface area (Å²) in [6.07, 6.45) is 0. The Morgan fingerprint density at radius 1 is 1.22 bits per heavy atom. The highest BCUT2D eigenvalue weighted by molar-refractivity contribution is 8.15. The Morgan fingerprint density at radius 3 is 2.04 bits per heavy atom. The molecule has 1 atom stereocenters. The summed E-state index contributed by atoms with van der Waals surface area (Å²) in [7, 11) is -2.09. The van der Waals surface area contributed by atoms with Crippen LogP contribution >= 0.6 is 33.9 Å². The first-order chi connectivity index (χ1) is 10.5. The number of nitrogens with one attached hydrogen (secondary N) is 1. The van der Waals surface area contributed by atoms with Gasteiger partial charge in [0.1, 0.15) is 4.71 Å². The van der Waals surface area contributed by atoms with Gasteiger partial charge in [0.15, 0.2) is 0 Å². The fourth-order valence-corrected chi connectivity index (χ4v) is 2.41. The molecule has 0 bridgehead atoms. The van der Waals surface area contributed by atoms with Crippen LogP contribution in [0.5, 0.6) is 0 Å². The minimum absolute atomic E-state index is 0.0721. The molecule has 0 aromatic heterocycles. The minimum atomic E-state index is -3.50. The number of halogens is 3. The zero-order valence-corrected chi connectivity index (χ0v) is 15.9. The van der Waals surface area contributed by atoms with E-state index in [1.807, 2.05) is 6.07 Å². The first kappa shape index (κ1) is 22.4. The second-order valence-corrected chi connectivity index (χ2v) is 10.3. The molecular weight excluding hydrogens is 407 g/mol. The van der Waals surface area contributed by atoms with Crippen LogP contribution in [0.1, 0.15) is 18.1 Å². The standard InChI is InChI=1S/C10H11ClN2O2S.C2H4Cl2O2S/c11-5-6-16(14,15)13-8-10-3-1-9(7-12)2-4-10;1-2(3)7(4,5)6/h1-4,13H,5-6,8H2;2H,1H3. The highest BCUT2D eigenvalue weighted by Crippen LogP contribution is 2.09. The number of nitrogens with zero attached hydrogens (tertiary/aromatic N) is 1. The maximum atomic E-state index is 11.3. The summed E-state index contributed by atoms with van der Waals surface area (Å²) in [6.45, 7) is 1.51. The molecule has 1 aromatic carbocycles. The summed E-state index contributed by atoms with van der Waals surface area (Å²) < 4.78 is 43.9. The van der Waals surface area contributed by atoms with E-state index in [2.05, 4.69) is 4.72 Å². The van der Waals surface area contributed by atoms with Gasteiger partial charge in [-0.15, -0.1) is 23.2 Å². The van der Waals surface area contributed by atoms with E-state index < -0.39 is 23.8 Å². The van der Waals surface area contributed by atoms with Crippen LogP contribution in [-0.4, -0.2) is 33.2 Å². The number of alkyl halides is 2. The van der Waals surface area contributed by atoms with Crippen LogP contribution in [0.4, 0.5) is 0 Å². The van der Waals surface area contributed by atoms with Gasteiger partial charge in [0.05, 0.1) is 17.4 Å². The van der Waals surface area contributed by atoms with Crippen LogP contribution in [0.25, 0.3) is 0 Å². The molecular formula is C12H15Cl3N2O4S2. The Labute approximate surface area is 150 Å². The number of rotatable bonds is 6. The molecule has 0 heterocycles. The summed E-state index contributed by atoms with van der Waals surface area (Å²) in [4.78, 5) is 0. The number of benzene rings is 1. The van der Waals surface area contributed by atoms with Gasteiger partial charge in [-0.3, -0.25) is 0 Å². The largest absolute Gasteiger partial charge is 0.249 e. The minimum Gasteiger partial charge on any atom is -0.212 e. The molecule has 0 radical (unpaired) electrons. The number of hydrogen-bond donors (Lipinski definition) is 1. The molecule has 130 valence electrons. The van der Waals surface area contributed by atoms with Crippen molar-refractivity contribution in [1.82, 2.24) is 4.72 Å². The summed E-state index contributed by atoms with van der Waals surface area (Å²) in [5.41, 5.74) is 1.35. The van der Waals surface area contributed by atoms with Crippen molar-refractivity contribution in [3.63, 3.8) is 0 Å². The van der Waals surface area contributed by atoms with Crippen LogP contribution in [0, 0.1) is 11.3 Å². The van der Waals surface area contributed by atoms with Crippen LogP contribution in [-0.2, 0) is 25.6 Å². The van der Waals surface area contributed by atoms with Crippen molar-refractivity contribution in [2.45, 2.75) is 18.2 Å². The third-order valence-electron chi connectivity index (χ3n) is 2.31. The Kier molecular flexibility index (Phi) is 10.1. The van der Waals surface area contributed by atoms with E-state index in [0.717, 1.165) is 5.56 Å². The molecule has 1 aromatic rings. The summed E-state index contributed by atoms with van der Waals surface area (Å²) in [6, 6.07) is 8.70. The van der Waals surface area contributed by atoms with Crippen LogP contribution in [0.2, 0.25) is 0 Å². The van der Waals surface area contributed by atoms with Crippen molar-refractivity contribution in [2.24, 2.45) is 0 Å². The van der Waals surface area contributed by atoms with E-state index >= 15 is 0 Å². The topological polar surface area (TPSA) is 104 Å². The van der Waals surface area contributed by atoms with E-state index in [9.17, 15) is 16.8 Å². The fraction of sp³-hybridized carbons (Fsp3) is 0.417. The average molecular weight is 422 g/mol. The lowest BCUT2D eigenvalue weighted by Gasteiger charge is -2.04. The quantitative estimate of drug-likeness (QED) is 0.561. The van der Waals surface area contributed by atoms with E-state index in [-0.39, 0.29) is 18.2 Å².